The van der Waals surface area contributed by atoms with Crippen molar-refractivity contribution in [2.75, 3.05) is 19.8 Å². The van der Waals surface area contributed by atoms with Crippen LogP contribution in [-0.2, 0) is 16.6 Å². The molecule has 0 aliphatic carbocycles. The van der Waals surface area contributed by atoms with Crippen molar-refractivity contribution in [2.45, 2.75) is 11.5 Å². The normalized spacial score (nSPS) is 11.6. The van der Waals surface area contributed by atoms with Crippen LogP contribution in [0.2, 0.25) is 0 Å². The summed E-state index contributed by atoms with van der Waals surface area (Å²) in [6.07, 6.45) is 0. The summed E-state index contributed by atoms with van der Waals surface area (Å²) in [5, 5.41) is 0. The fraction of sp³-hybridized carbons (Fsp3) is 0.200. The first-order valence-corrected chi connectivity index (χ1v) is 7.83. The Balaban J connectivity index is 2.15. The first-order chi connectivity index (χ1) is 9.89. The zero-order chi connectivity index (χ0) is 15.5. The average Bonchev–Trinajstić information content (AvgIpc) is 2.45. The Hall–Kier alpha value is -2.05. The zero-order valence-electron chi connectivity index (χ0n) is 12.0. The molecule has 0 saturated heterocycles. The van der Waals surface area contributed by atoms with Crippen LogP contribution in [0.5, 0.6) is 5.75 Å². The van der Waals surface area contributed by atoms with E-state index in [0.717, 1.165) is 5.56 Å². The Morgan fingerprint density at radius 2 is 1.81 bits per heavy atom. The maximum atomic E-state index is 12.1. The van der Waals surface area contributed by atoms with Crippen molar-refractivity contribution in [3.63, 3.8) is 0 Å². The SMILES string of the molecule is CN(C)S(=O)(=O)c1cccc(COc2cccc(N)c2)c1. The third kappa shape index (κ3) is 3.74. The van der Waals surface area contributed by atoms with Gasteiger partial charge in [0.25, 0.3) is 0 Å². The third-order valence-electron chi connectivity index (χ3n) is 2.94. The smallest absolute Gasteiger partial charge is 0.242 e. The molecule has 0 radical (unpaired) electrons. The van der Waals surface area contributed by atoms with Gasteiger partial charge in [0.1, 0.15) is 12.4 Å². The van der Waals surface area contributed by atoms with Crippen LogP contribution in [0, 0.1) is 0 Å². The average molecular weight is 306 g/mol. The summed E-state index contributed by atoms with van der Waals surface area (Å²) < 4.78 is 30.9. The van der Waals surface area contributed by atoms with Gasteiger partial charge in [0.05, 0.1) is 4.90 Å². The van der Waals surface area contributed by atoms with E-state index < -0.39 is 10.0 Å². The zero-order valence-corrected chi connectivity index (χ0v) is 12.8. The van der Waals surface area contributed by atoms with Gasteiger partial charge in [-0.3, -0.25) is 0 Å². The van der Waals surface area contributed by atoms with Crippen molar-refractivity contribution >= 4 is 15.7 Å². The summed E-state index contributed by atoms with van der Waals surface area (Å²) >= 11 is 0. The molecule has 2 aromatic rings. The lowest BCUT2D eigenvalue weighted by Gasteiger charge is -2.12. The van der Waals surface area contributed by atoms with Crippen LogP contribution in [0.1, 0.15) is 5.56 Å². The molecule has 2 N–H and O–H groups in total. The molecule has 0 fully saturated rings. The van der Waals surface area contributed by atoms with E-state index in [4.69, 9.17) is 10.5 Å². The van der Waals surface area contributed by atoms with Crippen LogP contribution in [0.3, 0.4) is 0 Å². The van der Waals surface area contributed by atoms with Gasteiger partial charge in [-0.05, 0) is 29.8 Å². The molecule has 0 amide bonds. The minimum Gasteiger partial charge on any atom is -0.489 e. The molecular weight excluding hydrogens is 288 g/mol. The van der Waals surface area contributed by atoms with E-state index in [1.165, 1.54) is 18.4 Å². The van der Waals surface area contributed by atoms with Gasteiger partial charge < -0.3 is 10.5 Å². The Morgan fingerprint density at radius 1 is 1.10 bits per heavy atom. The number of nitrogens with zero attached hydrogens (tertiary/aromatic N) is 1. The summed E-state index contributed by atoms with van der Waals surface area (Å²) in [6.45, 7) is 0.278. The summed E-state index contributed by atoms with van der Waals surface area (Å²) in [5.41, 5.74) is 7.08. The molecule has 0 spiro atoms. The molecule has 2 rings (SSSR count). The minimum absolute atomic E-state index is 0.251. The Kier molecular flexibility index (Phi) is 4.50. The topological polar surface area (TPSA) is 72.6 Å². The molecule has 0 atom stereocenters. The minimum atomic E-state index is -3.43. The van der Waals surface area contributed by atoms with E-state index >= 15 is 0 Å². The van der Waals surface area contributed by atoms with Gasteiger partial charge in [0, 0.05) is 25.8 Å². The van der Waals surface area contributed by atoms with E-state index in [1.807, 2.05) is 6.07 Å². The molecule has 0 bridgehead atoms. The quantitative estimate of drug-likeness (QED) is 0.859. The standard InChI is InChI=1S/C15H18N2O3S/c1-17(2)21(18,19)15-8-3-5-12(9-15)11-20-14-7-4-6-13(16)10-14/h3-10H,11,16H2,1-2H3. The maximum absolute atomic E-state index is 12.1. The predicted molar refractivity (Wildman–Crippen MR) is 82.5 cm³/mol. The molecule has 0 aromatic heterocycles. The highest BCUT2D eigenvalue weighted by atomic mass is 32.2. The number of anilines is 1. The molecule has 5 nitrogen and oxygen atoms in total. The van der Waals surface area contributed by atoms with Crippen molar-refractivity contribution in [3.05, 3.63) is 54.1 Å². The fourth-order valence-electron chi connectivity index (χ4n) is 1.78. The molecule has 2 aromatic carbocycles. The van der Waals surface area contributed by atoms with Crippen molar-refractivity contribution in [1.29, 1.82) is 0 Å². The first-order valence-electron chi connectivity index (χ1n) is 6.39. The predicted octanol–water partition coefficient (Wildman–Crippen LogP) is 2.10. The number of benzene rings is 2. The monoisotopic (exact) mass is 306 g/mol. The van der Waals surface area contributed by atoms with Gasteiger partial charge in [-0.1, -0.05) is 18.2 Å². The summed E-state index contributed by atoms with van der Waals surface area (Å²) in [5.74, 6) is 0.649. The van der Waals surface area contributed by atoms with Gasteiger partial charge in [-0.25, -0.2) is 12.7 Å². The van der Waals surface area contributed by atoms with E-state index in [9.17, 15) is 8.42 Å². The van der Waals surface area contributed by atoms with Crippen molar-refractivity contribution in [2.24, 2.45) is 0 Å². The van der Waals surface area contributed by atoms with Crippen LogP contribution in [-0.4, -0.2) is 26.8 Å². The highest BCUT2D eigenvalue weighted by Crippen LogP contribution is 2.18. The molecule has 21 heavy (non-hydrogen) atoms. The van der Waals surface area contributed by atoms with Crippen LogP contribution in [0.25, 0.3) is 0 Å². The number of ether oxygens (including phenoxy) is 1. The highest BCUT2D eigenvalue weighted by Gasteiger charge is 2.17. The van der Waals surface area contributed by atoms with Crippen LogP contribution >= 0.6 is 0 Å². The second-order valence-corrected chi connectivity index (χ2v) is 6.95. The molecule has 0 aliphatic heterocycles. The number of nitrogens with two attached hydrogens (primary N) is 1. The molecule has 6 heteroatoms. The molecule has 0 unspecified atom stereocenters. The molecule has 0 aliphatic rings. The first kappa shape index (κ1) is 15.3. The molecule has 0 saturated carbocycles. The van der Waals surface area contributed by atoms with Crippen molar-refractivity contribution < 1.29 is 13.2 Å². The van der Waals surface area contributed by atoms with Gasteiger partial charge in [0.15, 0.2) is 0 Å². The Bertz CT molecular complexity index is 727. The summed E-state index contributed by atoms with van der Waals surface area (Å²) in [7, 11) is -0.421. The molecule has 112 valence electrons. The van der Waals surface area contributed by atoms with Gasteiger partial charge in [-0.15, -0.1) is 0 Å². The van der Waals surface area contributed by atoms with Crippen molar-refractivity contribution in [3.8, 4) is 5.75 Å². The highest BCUT2D eigenvalue weighted by molar-refractivity contribution is 7.89. The number of nitrogen functional groups attached to an aromatic ring is 1. The number of rotatable bonds is 5. The number of sulfonamides is 1. The van der Waals surface area contributed by atoms with Gasteiger partial charge in [0.2, 0.25) is 10.0 Å². The van der Waals surface area contributed by atoms with E-state index in [1.54, 1.807) is 42.5 Å². The van der Waals surface area contributed by atoms with Crippen LogP contribution < -0.4 is 10.5 Å². The van der Waals surface area contributed by atoms with Gasteiger partial charge >= 0.3 is 0 Å². The lowest BCUT2D eigenvalue weighted by Crippen LogP contribution is -2.22. The van der Waals surface area contributed by atoms with Crippen LogP contribution in [0.15, 0.2) is 53.4 Å². The third-order valence-corrected chi connectivity index (χ3v) is 4.75. The number of hydrogen-bond donors (Lipinski definition) is 1. The largest absolute Gasteiger partial charge is 0.489 e. The maximum Gasteiger partial charge on any atom is 0.242 e. The van der Waals surface area contributed by atoms with E-state index in [-0.39, 0.29) is 11.5 Å². The Labute approximate surface area is 125 Å². The van der Waals surface area contributed by atoms with Crippen molar-refractivity contribution in [1.82, 2.24) is 4.31 Å². The fourth-order valence-corrected chi connectivity index (χ4v) is 2.75. The number of hydrogen-bond acceptors (Lipinski definition) is 4. The Morgan fingerprint density at radius 3 is 2.48 bits per heavy atom. The lowest BCUT2D eigenvalue weighted by atomic mass is 10.2. The van der Waals surface area contributed by atoms with E-state index in [2.05, 4.69) is 0 Å². The second kappa shape index (κ2) is 6.15. The van der Waals surface area contributed by atoms with Gasteiger partial charge in [-0.2, -0.15) is 0 Å². The van der Waals surface area contributed by atoms with Crippen LogP contribution in [0.4, 0.5) is 5.69 Å². The van der Waals surface area contributed by atoms with E-state index in [0.29, 0.717) is 11.4 Å². The summed E-state index contributed by atoms with van der Waals surface area (Å²) in [6, 6.07) is 13.8. The molecule has 0 heterocycles. The second-order valence-electron chi connectivity index (χ2n) is 4.80. The summed E-state index contributed by atoms with van der Waals surface area (Å²) in [4.78, 5) is 0.251. The lowest BCUT2D eigenvalue weighted by molar-refractivity contribution is 0.306. The molecular formula is C15H18N2O3S.